The normalized spacial score (nSPS) is 12.0. The van der Waals surface area contributed by atoms with Crippen molar-refractivity contribution in [3.05, 3.63) is 94.5 Å². The maximum absolute atomic E-state index is 13.9. The fourth-order valence-electron chi connectivity index (χ4n) is 4.05. The molecule has 0 fully saturated rings. The minimum Gasteiger partial charge on any atom is -0.357 e. The Morgan fingerprint density at radius 1 is 0.946 bits per heavy atom. The van der Waals surface area contributed by atoms with E-state index in [1.54, 1.807) is 61.5 Å². The maximum Gasteiger partial charge on any atom is 0.264 e. The van der Waals surface area contributed by atoms with Crippen LogP contribution in [0.25, 0.3) is 0 Å². The zero-order chi connectivity index (χ0) is 27.2. The van der Waals surface area contributed by atoms with E-state index in [0.29, 0.717) is 22.7 Å². The Labute approximate surface area is 224 Å². The van der Waals surface area contributed by atoms with E-state index in [0.717, 1.165) is 15.4 Å². The van der Waals surface area contributed by atoms with Crippen molar-refractivity contribution in [1.82, 2.24) is 10.2 Å². The lowest BCUT2D eigenvalue weighted by molar-refractivity contribution is -0.140. The number of anilines is 1. The SMILES string of the molecule is CC[C@@H](C(=O)NC)N(Cc1ccccc1Cl)C(=O)CN(c1cccc(C)c1)S(=O)(=O)c1ccc(C)cc1. The number of hydrogen-bond donors (Lipinski definition) is 1. The molecule has 0 unspecified atom stereocenters. The van der Waals surface area contributed by atoms with Gasteiger partial charge in [-0.25, -0.2) is 8.42 Å². The summed E-state index contributed by atoms with van der Waals surface area (Å²) in [5.74, 6) is -0.862. The van der Waals surface area contributed by atoms with Crippen LogP contribution in [-0.4, -0.2) is 44.8 Å². The predicted octanol–water partition coefficient (Wildman–Crippen LogP) is 4.71. The minimum absolute atomic E-state index is 0.0523. The van der Waals surface area contributed by atoms with E-state index in [1.165, 1.54) is 24.1 Å². The molecule has 7 nitrogen and oxygen atoms in total. The van der Waals surface area contributed by atoms with Crippen LogP contribution in [0.15, 0.2) is 77.7 Å². The van der Waals surface area contributed by atoms with Crippen LogP contribution in [0, 0.1) is 13.8 Å². The standard InChI is InChI=1S/C28H32ClN3O4S/c1-5-26(28(34)30-4)31(18-22-10-6-7-12-25(22)29)27(33)19-32(23-11-8-9-21(3)17-23)37(35,36)24-15-13-20(2)14-16-24/h6-17,26H,5,18-19H2,1-4H3,(H,30,34)/t26-/m0/s1. The highest BCUT2D eigenvalue weighted by atomic mass is 35.5. The molecule has 0 aliphatic carbocycles. The lowest BCUT2D eigenvalue weighted by Crippen LogP contribution is -2.51. The van der Waals surface area contributed by atoms with E-state index in [1.807, 2.05) is 19.9 Å². The quantitative estimate of drug-likeness (QED) is 0.403. The van der Waals surface area contributed by atoms with Gasteiger partial charge in [-0.1, -0.05) is 66.6 Å². The summed E-state index contributed by atoms with van der Waals surface area (Å²) in [5.41, 5.74) is 2.78. The third-order valence-electron chi connectivity index (χ3n) is 6.11. The number of likely N-dealkylation sites (N-methyl/N-ethyl adjacent to an activating group) is 1. The van der Waals surface area contributed by atoms with Crippen LogP contribution in [0.1, 0.15) is 30.0 Å². The number of carbonyl (C=O) groups excluding carboxylic acids is 2. The number of carbonyl (C=O) groups is 2. The minimum atomic E-state index is -4.10. The van der Waals surface area contributed by atoms with Gasteiger partial charge in [-0.3, -0.25) is 13.9 Å². The van der Waals surface area contributed by atoms with Gasteiger partial charge in [0.2, 0.25) is 11.8 Å². The summed E-state index contributed by atoms with van der Waals surface area (Å²) in [7, 11) is -2.59. The summed E-state index contributed by atoms with van der Waals surface area (Å²) in [6.07, 6.45) is 0.338. The summed E-state index contributed by atoms with van der Waals surface area (Å²) in [4.78, 5) is 28.1. The van der Waals surface area contributed by atoms with Crippen molar-refractivity contribution in [3.63, 3.8) is 0 Å². The van der Waals surface area contributed by atoms with Gasteiger partial charge in [-0.15, -0.1) is 0 Å². The van der Waals surface area contributed by atoms with Gasteiger partial charge in [-0.05, 0) is 61.7 Å². The van der Waals surface area contributed by atoms with Crippen molar-refractivity contribution in [3.8, 4) is 0 Å². The average molecular weight is 542 g/mol. The first-order valence-corrected chi connectivity index (χ1v) is 13.8. The Morgan fingerprint density at radius 3 is 2.22 bits per heavy atom. The predicted molar refractivity (Wildman–Crippen MR) is 147 cm³/mol. The smallest absolute Gasteiger partial charge is 0.264 e. The van der Waals surface area contributed by atoms with Crippen molar-refractivity contribution >= 4 is 39.1 Å². The van der Waals surface area contributed by atoms with Crippen LogP contribution in [0.5, 0.6) is 0 Å². The molecule has 1 atom stereocenters. The number of nitrogens with zero attached hydrogens (tertiary/aromatic N) is 2. The summed E-state index contributed by atoms with van der Waals surface area (Å²) >= 11 is 6.37. The Hall–Kier alpha value is -3.36. The number of amides is 2. The van der Waals surface area contributed by atoms with Crippen LogP contribution >= 0.6 is 11.6 Å². The Kier molecular flexibility index (Phi) is 9.34. The second kappa shape index (κ2) is 12.3. The van der Waals surface area contributed by atoms with Crippen LogP contribution < -0.4 is 9.62 Å². The van der Waals surface area contributed by atoms with Gasteiger partial charge in [0.05, 0.1) is 10.6 Å². The number of sulfonamides is 1. The molecule has 3 aromatic rings. The first-order chi connectivity index (χ1) is 17.6. The van der Waals surface area contributed by atoms with E-state index < -0.39 is 28.5 Å². The fraction of sp³-hybridized carbons (Fsp3) is 0.286. The maximum atomic E-state index is 13.9. The van der Waals surface area contributed by atoms with E-state index in [2.05, 4.69) is 5.32 Å². The van der Waals surface area contributed by atoms with Crippen LogP contribution in [0.3, 0.4) is 0 Å². The molecular weight excluding hydrogens is 510 g/mol. The monoisotopic (exact) mass is 541 g/mol. The second-order valence-corrected chi connectivity index (χ2v) is 11.1. The molecule has 0 saturated carbocycles. The molecule has 0 aliphatic heterocycles. The zero-order valence-electron chi connectivity index (χ0n) is 21.4. The van der Waals surface area contributed by atoms with E-state index >= 15 is 0 Å². The van der Waals surface area contributed by atoms with Crippen molar-refractivity contribution in [2.75, 3.05) is 17.9 Å². The number of halogens is 1. The van der Waals surface area contributed by atoms with Crippen LogP contribution in [0.2, 0.25) is 5.02 Å². The fourth-order valence-corrected chi connectivity index (χ4v) is 5.65. The molecule has 0 bridgehead atoms. The van der Waals surface area contributed by atoms with Crippen molar-refractivity contribution in [2.45, 2.75) is 44.7 Å². The first kappa shape index (κ1) is 28.2. The molecular formula is C28H32ClN3O4S. The van der Waals surface area contributed by atoms with Gasteiger partial charge in [0.15, 0.2) is 0 Å². The molecule has 0 aromatic heterocycles. The summed E-state index contributed by atoms with van der Waals surface area (Å²) in [6, 6.07) is 19.7. The molecule has 0 spiro atoms. The second-order valence-electron chi connectivity index (χ2n) is 8.82. The molecule has 2 amide bonds. The Bertz CT molecular complexity index is 1360. The van der Waals surface area contributed by atoms with E-state index in [4.69, 9.17) is 11.6 Å². The molecule has 0 heterocycles. The molecule has 3 rings (SSSR count). The largest absolute Gasteiger partial charge is 0.357 e. The molecule has 9 heteroatoms. The van der Waals surface area contributed by atoms with Gasteiger partial charge in [0, 0.05) is 18.6 Å². The van der Waals surface area contributed by atoms with E-state index in [-0.39, 0.29) is 17.3 Å². The zero-order valence-corrected chi connectivity index (χ0v) is 23.0. The van der Waals surface area contributed by atoms with Crippen molar-refractivity contribution in [2.24, 2.45) is 0 Å². The Morgan fingerprint density at radius 2 is 1.62 bits per heavy atom. The van der Waals surface area contributed by atoms with Gasteiger partial charge in [-0.2, -0.15) is 0 Å². The van der Waals surface area contributed by atoms with Gasteiger partial charge in [0.1, 0.15) is 12.6 Å². The van der Waals surface area contributed by atoms with E-state index in [9.17, 15) is 18.0 Å². The molecule has 0 radical (unpaired) electrons. The Balaban J connectivity index is 2.07. The van der Waals surface area contributed by atoms with Crippen LogP contribution in [0.4, 0.5) is 5.69 Å². The molecule has 0 saturated heterocycles. The lowest BCUT2D eigenvalue weighted by Gasteiger charge is -2.33. The van der Waals surface area contributed by atoms with Gasteiger partial charge >= 0.3 is 0 Å². The molecule has 3 aromatic carbocycles. The van der Waals surface area contributed by atoms with Crippen molar-refractivity contribution < 1.29 is 18.0 Å². The topological polar surface area (TPSA) is 86.8 Å². The number of rotatable bonds is 10. The molecule has 1 N–H and O–H groups in total. The highest BCUT2D eigenvalue weighted by molar-refractivity contribution is 7.92. The molecule has 196 valence electrons. The summed E-state index contributed by atoms with van der Waals surface area (Å²) in [5, 5.41) is 3.06. The number of nitrogens with one attached hydrogen (secondary N) is 1. The third-order valence-corrected chi connectivity index (χ3v) is 8.27. The number of aryl methyl sites for hydroxylation is 2. The highest BCUT2D eigenvalue weighted by Gasteiger charge is 2.33. The van der Waals surface area contributed by atoms with Gasteiger partial charge < -0.3 is 10.2 Å². The van der Waals surface area contributed by atoms with Crippen molar-refractivity contribution in [1.29, 1.82) is 0 Å². The molecule has 0 aliphatic rings. The van der Waals surface area contributed by atoms with Crippen LogP contribution in [-0.2, 0) is 26.2 Å². The molecule has 37 heavy (non-hydrogen) atoms. The first-order valence-electron chi connectivity index (χ1n) is 12.0. The lowest BCUT2D eigenvalue weighted by atomic mass is 10.1. The summed E-state index contributed by atoms with van der Waals surface area (Å²) < 4.78 is 28.7. The van der Waals surface area contributed by atoms with Gasteiger partial charge in [0.25, 0.3) is 10.0 Å². The highest BCUT2D eigenvalue weighted by Crippen LogP contribution is 2.26. The average Bonchev–Trinajstić information content (AvgIpc) is 2.88. The summed E-state index contributed by atoms with van der Waals surface area (Å²) in [6.45, 7) is 5.08. The third kappa shape index (κ3) is 6.70. The number of hydrogen-bond acceptors (Lipinski definition) is 4. The number of benzene rings is 3.